The summed E-state index contributed by atoms with van der Waals surface area (Å²) in [5.41, 5.74) is 2.45. The molecule has 1 amide bonds. The molecule has 0 saturated carbocycles. The molecule has 3 rings (SSSR count). The largest absolute Gasteiger partial charge is 0.341 e. The highest BCUT2D eigenvalue weighted by atomic mass is 35.5. The van der Waals surface area contributed by atoms with Crippen LogP contribution < -0.4 is 0 Å². The minimum Gasteiger partial charge on any atom is -0.341 e. The molecular formula is C20H20ClN5O3S. The van der Waals surface area contributed by atoms with Crippen molar-refractivity contribution >= 4 is 35.4 Å². The van der Waals surface area contributed by atoms with Crippen LogP contribution in [0.3, 0.4) is 0 Å². The number of aromatic nitrogens is 3. The first-order valence-corrected chi connectivity index (χ1v) is 9.94. The number of halogens is 1. The van der Waals surface area contributed by atoms with Crippen molar-refractivity contribution in [3.63, 3.8) is 0 Å². The van der Waals surface area contributed by atoms with Crippen molar-refractivity contribution in [1.29, 1.82) is 0 Å². The van der Waals surface area contributed by atoms with Crippen LogP contribution in [0.2, 0.25) is 5.02 Å². The number of aromatic amines is 1. The predicted octanol–water partition coefficient (Wildman–Crippen LogP) is 4.53. The SMILES string of the molecule is Cc1cccc(-c2n[nH]c(=S)n2CCC(=O)N(C)Cc2cc([N+](=O)[O-])ccc2Cl)c1. The zero-order chi connectivity index (χ0) is 21.8. The zero-order valence-electron chi connectivity index (χ0n) is 16.5. The van der Waals surface area contributed by atoms with E-state index in [2.05, 4.69) is 10.2 Å². The number of carbonyl (C=O) groups is 1. The number of hydrogen-bond acceptors (Lipinski definition) is 5. The van der Waals surface area contributed by atoms with E-state index in [9.17, 15) is 14.9 Å². The molecule has 0 aliphatic rings. The Kier molecular flexibility index (Phi) is 6.63. The summed E-state index contributed by atoms with van der Waals surface area (Å²) >= 11 is 11.5. The van der Waals surface area contributed by atoms with Crippen molar-refractivity contribution in [2.45, 2.75) is 26.4 Å². The molecule has 0 saturated heterocycles. The van der Waals surface area contributed by atoms with Gasteiger partial charge in [0.1, 0.15) is 0 Å². The molecule has 8 nitrogen and oxygen atoms in total. The molecule has 1 aromatic heterocycles. The first-order valence-electron chi connectivity index (χ1n) is 9.15. The van der Waals surface area contributed by atoms with Gasteiger partial charge in [0.2, 0.25) is 5.91 Å². The van der Waals surface area contributed by atoms with Gasteiger partial charge in [-0.25, -0.2) is 0 Å². The van der Waals surface area contributed by atoms with E-state index in [1.165, 1.54) is 23.1 Å². The van der Waals surface area contributed by atoms with Gasteiger partial charge in [0, 0.05) is 49.3 Å². The van der Waals surface area contributed by atoms with Gasteiger partial charge in [-0.2, -0.15) is 5.10 Å². The lowest BCUT2D eigenvalue weighted by atomic mass is 10.1. The molecule has 0 unspecified atom stereocenters. The summed E-state index contributed by atoms with van der Waals surface area (Å²) in [6.07, 6.45) is 0.190. The maximum atomic E-state index is 12.7. The summed E-state index contributed by atoms with van der Waals surface area (Å²) in [6, 6.07) is 12.1. The molecule has 1 heterocycles. The number of nitrogens with one attached hydrogen (secondary N) is 1. The van der Waals surface area contributed by atoms with Crippen LogP contribution in [0.5, 0.6) is 0 Å². The lowest BCUT2D eigenvalue weighted by Crippen LogP contribution is -2.27. The molecular weight excluding hydrogens is 426 g/mol. The Morgan fingerprint density at radius 2 is 2.10 bits per heavy atom. The Hall–Kier alpha value is -3.04. The van der Waals surface area contributed by atoms with Crippen molar-refractivity contribution < 1.29 is 9.72 Å². The molecule has 156 valence electrons. The van der Waals surface area contributed by atoms with Gasteiger partial charge in [0.15, 0.2) is 10.6 Å². The predicted molar refractivity (Wildman–Crippen MR) is 117 cm³/mol. The summed E-state index contributed by atoms with van der Waals surface area (Å²) in [6.45, 7) is 2.51. The van der Waals surface area contributed by atoms with Crippen LogP contribution >= 0.6 is 23.8 Å². The summed E-state index contributed by atoms with van der Waals surface area (Å²) in [5, 5.41) is 18.4. The Labute approximate surface area is 183 Å². The van der Waals surface area contributed by atoms with Gasteiger partial charge in [-0.3, -0.25) is 24.6 Å². The average molecular weight is 446 g/mol. The number of aryl methyl sites for hydroxylation is 1. The average Bonchev–Trinajstić information content (AvgIpc) is 3.08. The number of hydrogen-bond donors (Lipinski definition) is 1. The fraction of sp³-hybridized carbons (Fsp3) is 0.250. The van der Waals surface area contributed by atoms with Gasteiger partial charge >= 0.3 is 0 Å². The maximum Gasteiger partial charge on any atom is 0.269 e. The minimum absolute atomic E-state index is 0.0669. The first kappa shape index (κ1) is 21.7. The van der Waals surface area contributed by atoms with E-state index < -0.39 is 4.92 Å². The number of nitro benzene ring substituents is 1. The van der Waals surface area contributed by atoms with Gasteiger partial charge in [-0.15, -0.1) is 0 Å². The Morgan fingerprint density at radius 3 is 2.80 bits per heavy atom. The second-order valence-electron chi connectivity index (χ2n) is 6.91. The standard InChI is InChI=1S/C20H20ClN5O3S/c1-13-4-3-5-14(10-13)19-22-23-20(30)25(19)9-8-18(27)24(2)12-15-11-16(26(28)29)6-7-17(15)21/h3-7,10-11H,8-9,12H2,1-2H3,(H,23,30). The molecule has 0 bridgehead atoms. The lowest BCUT2D eigenvalue weighted by Gasteiger charge is -2.18. The van der Waals surface area contributed by atoms with Crippen LogP contribution in [0.15, 0.2) is 42.5 Å². The van der Waals surface area contributed by atoms with Crippen LogP contribution in [-0.4, -0.2) is 37.5 Å². The van der Waals surface area contributed by atoms with E-state index in [1.54, 1.807) is 11.6 Å². The molecule has 0 fully saturated rings. The fourth-order valence-electron chi connectivity index (χ4n) is 3.07. The Morgan fingerprint density at radius 1 is 1.33 bits per heavy atom. The molecule has 30 heavy (non-hydrogen) atoms. The second kappa shape index (κ2) is 9.19. The van der Waals surface area contributed by atoms with Crippen molar-refractivity contribution in [3.8, 4) is 11.4 Å². The molecule has 10 heteroatoms. The van der Waals surface area contributed by atoms with Crippen molar-refractivity contribution in [2.24, 2.45) is 0 Å². The summed E-state index contributed by atoms with van der Waals surface area (Å²) in [4.78, 5) is 24.6. The third-order valence-electron chi connectivity index (χ3n) is 4.66. The van der Waals surface area contributed by atoms with Gasteiger partial charge in [0.25, 0.3) is 5.69 Å². The van der Waals surface area contributed by atoms with E-state index in [0.29, 0.717) is 27.7 Å². The number of non-ortho nitro benzene ring substituents is 1. The highest BCUT2D eigenvalue weighted by Crippen LogP contribution is 2.23. The molecule has 0 spiro atoms. The molecule has 2 aromatic carbocycles. The van der Waals surface area contributed by atoms with Gasteiger partial charge in [0.05, 0.1) is 4.92 Å². The molecule has 3 aromatic rings. The topological polar surface area (TPSA) is 97.1 Å². The van der Waals surface area contributed by atoms with E-state index in [-0.39, 0.29) is 24.6 Å². The number of H-pyrrole nitrogens is 1. The molecule has 0 radical (unpaired) electrons. The van der Waals surface area contributed by atoms with Crippen LogP contribution in [0.1, 0.15) is 17.5 Å². The number of nitrogens with zero attached hydrogens (tertiary/aromatic N) is 4. The second-order valence-corrected chi connectivity index (χ2v) is 7.70. The summed E-state index contributed by atoms with van der Waals surface area (Å²) in [5.74, 6) is 0.525. The van der Waals surface area contributed by atoms with E-state index >= 15 is 0 Å². The summed E-state index contributed by atoms with van der Waals surface area (Å²) < 4.78 is 2.22. The van der Waals surface area contributed by atoms with Crippen LogP contribution in [-0.2, 0) is 17.9 Å². The maximum absolute atomic E-state index is 12.7. The normalized spacial score (nSPS) is 10.8. The van der Waals surface area contributed by atoms with E-state index in [4.69, 9.17) is 23.8 Å². The number of nitro groups is 1. The Bertz CT molecular complexity index is 1160. The highest BCUT2D eigenvalue weighted by Gasteiger charge is 2.16. The molecule has 0 aliphatic heterocycles. The van der Waals surface area contributed by atoms with Gasteiger partial charge < -0.3 is 4.90 Å². The first-order chi connectivity index (χ1) is 14.3. The highest BCUT2D eigenvalue weighted by molar-refractivity contribution is 7.71. The van der Waals surface area contributed by atoms with Crippen molar-refractivity contribution in [2.75, 3.05) is 7.05 Å². The van der Waals surface area contributed by atoms with Crippen molar-refractivity contribution in [1.82, 2.24) is 19.7 Å². The number of benzene rings is 2. The van der Waals surface area contributed by atoms with Crippen LogP contribution in [0, 0.1) is 21.8 Å². The van der Waals surface area contributed by atoms with Crippen molar-refractivity contribution in [3.05, 3.63) is 73.5 Å². The van der Waals surface area contributed by atoms with E-state index in [1.807, 2.05) is 31.2 Å². The number of amides is 1. The third kappa shape index (κ3) is 4.92. The molecule has 0 atom stereocenters. The third-order valence-corrected chi connectivity index (χ3v) is 5.34. The zero-order valence-corrected chi connectivity index (χ0v) is 18.0. The van der Waals surface area contributed by atoms with Crippen LogP contribution in [0.25, 0.3) is 11.4 Å². The lowest BCUT2D eigenvalue weighted by molar-refractivity contribution is -0.384. The summed E-state index contributed by atoms with van der Waals surface area (Å²) in [7, 11) is 1.63. The minimum atomic E-state index is -0.491. The molecule has 0 aliphatic carbocycles. The van der Waals surface area contributed by atoms with E-state index in [0.717, 1.165) is 11.1 Å². The fourth-order valence-corrected chi connectivity index (χ4v) is 3.47. The number of rotatable bonds is 7. The monoisotopic (exact) mass is 445 g/mol. The van der Waals surface area contributed by atoms with Gasteiger partial charge in [-0.05, 0) is 36.8 Å². The van der Waals surface area contributed by atoms with Crippen LogP contribution in [0.4, 0.5) is 5.69 Å². The smallest absolute Gasteiger partial charge is 0.269 e. The Balaban J connectivity index is 1.71. The van der Waals surface area contributed by atoms with Gasteiger partial charge in [-0.1, -0.05) is 35.4 Å². The number of carbonyl (C=O) groups excluding carboxylic acids is 1. The molecule has 1 N–H and O–H groups in total. The quantitative estimate of drug-likeness (QED) is 0.327.